The van der Waals surface area contributed by atoms with E-state index in [1.165, 1.54) is 134 Å². The molecule has 0 aliphatic heterocycles. The molecule has 0 aromatic carbocycles. The molecule has 33 heavy (non-hydrogen) atoms. The number of rotatable bonds is 27. The minimum absolute atomic E-state index is 0.0334. The molecule has 0 atom stereocenters. The number of hydrogen-bond acceptors (Lipinski definition) is 4. The number of esters is 1. The zero-order chi connectivity index (χ0) is 24.2. The van der Waals surface area contributed by atoms with Gasteiger partial charge in [-0.25, -0.2) is 4.79 Å². The Morgan fingerprint density at radius 2 is 0.970 bits per heavy atom. The van der Waals surface area contributed by atoms with E-state index in [1.54, 1.807) is 0 Å². The molecule has 4 nitrogen and oxygen atoms in total. The van der Waals surface area contributed by atoms with Crippen LogP contribution in [-0.4, -0.2) is 31.8 Å². The average molecular weight is 467 g/mol. The summed E-state index contributed by atoms with van der Waals surface area (Å²) in [7, 11) is 0. The zero-order valence-electron chi connectivity index (χ0n) is 22.4. The van der Waals surface area contributed by atoms with Crippen molar-refractivity contribution in [3.8, 4) is 0 Å². The van der Waals surface area contributed by atoms with Crippen molar-refractivity contribution in [3.63, 3.8) is 0 Å². The summed E-state index contributed by atoms with van der Waals surface area (Å²) in [6, 6.07) is 0. The van der Waals surface area contributed by atoms with Gasteiger partial charge in [0.1, 0.15) is 6.61 Å². The lowest BCUT2D eigenvalue weighted by molar-refractivity contribution is -0.138. The Bertz CT molecular complexity index is 388. The summed E-state index contributed by atoms with van der Waals surface area (Å²) in [5, 5.41) is 7.07. The molecular formula is C29H58N2O2. The Hall–Kier alpha value is -0.870. The normalized spacial score (nSPS) is 11.2. The second kappa shape index (κ2) is 27.4. The third-order valence-electron chi connectivity index (χ3n) is 6.40. The Balaban J connectivity index is 3.73. The van der Waals surface area contributed by atoms with Gasteiger partial charge in [0.05, 0.1) is 6.17 Å². The lowest BCUT2D eigenvalue weighted by atomic mass is 10.1. The van der Waals surface area contributed by atoms with E-state index in [-0.39, 0.29) is 12.1 Å². The van der Waals surface area contributed by atoms with Gasteiger partial charge in [-0.15, -0.1) is 0 Å². The van der Waals surface area contributed by atoms with Crippen LogP contribution < -0.4 is 10.6 Å². The first kappa shape index (κ1) is 32.1. The number of carbonyl (C=O) groups is 1. The van der Waals surface area contributed by atoms with Gasteiger partial charge in [-0.2, -0.15) is 0 Å². The van der Waals surface area contributed by atoms with Gasteiger partial charge in [0.2, 0.25) is 0 Å². The van der Waals surface area contributed by atoms with Crippen LogP contribution in [0.2, 0.25) is 0 Å². The molecule has 0 aromatic heterocycles. The van der Waals surface area contributed by atoms with Gasteiger partial charge >= 0.3 is 5.97 Å². The molecule has 0 saturated heterocycles. The molecule has 0 spiro atoms. The monoisotopic (exact) mass is 466 g/mol. The molecule has 0 fully saturated rings. The Kier molecular flexibility index (Phi) is 26.7. The van der Waals surface area contributed by atoms with Crippen LogP contribution in [0.15, 0.2) is 12.7 Å². The summed E-state index contributed by atoms with van der Waals surface area (Å²) < 4.78 is 5.27. The SMILES string of the molecule is C=CC(=O)OCC(NCCCCCCCCCCCC)NCCCCCCCCCCCC. The van der Waals surface area contributed by atoms with Crippen LogP contribution in [0, 0.1) is 0 Å². The van der Waals surface area contributed by atoms with E-state index in [0.717, 1.165) is 13.1 Å². The van der Waals surface area contributed by atoms with Crippen molar-refractivity contribution in [1.29, 1.82) is 0 Å². The fraction of sp³-hybridized carbons (Fsp3) is 0.897. The Morgan fingerprint density at radius 1 is 0.636 bits per heavy atom. The highest BCUT2D eigenvalue weighted by Gasteiger charge is 2.09. The lowest BCUT2D eigenvalue weighted by Gasteiger charge is -2.20. The van der Waals surface area contributed by atoms with Crippen LogP contribution in [0.4, 0.5) is 0 Å². The summed E-state index contributed by atoms with van der Waals surface area (Å²) in [5.74, 6) is -0.346. The molecule has 196 valence electrons. The van der Waals surface area contributed by atoms with Crippen LogP contribution in [0.3, 0.4) is 0 Å². The van der Waals surface area contributed by atoms with E-state index in [2.05, 4.69) is 31.1 Å². The fourth-order valence-corrected chi connectivity index (χ4v) is 4.19. The fourth-order valence-electron chi connectivity index (χ4n) is 4.19. The largest absolute Gasteiger partial charge is 0.459 e. The maximum atomic E-state index is 11.4. The minimum Gasteiger partial charge on any atom is -0.459 e. The molecular weight excluding hydrogens is 408 g/mol. The summed E-state index contributed by atoms with van der Waals surface area (Å²) in [6.07, 6.45) is 28.2. The van der Waals surface area contributed by atoms with Crippen molar-refractivity contribution >= 4 is 5.97 Å². The van der Waals surface area contributed by atoms with Gasteiger partial charge in [-0.1, -0.05) is 136 Å². The van der Waals surface area contributed by atoms with E-state index in [9.17, 15) is 4.79 Å². The lowest BCUT2D eigenvalue weighted by Crippen LogP contribution is -2.46. The minimum atomic E-state index is -0.346. The third kappa shape index (κ3) is 25.6. The second-order valence-electron chi connectivity index (χ2n) is 9.66. The van der Waals surface area contributed by atoms with Crippen LogP contribution in [0.25, 0.3) is 0 Å². The summed E-state index contributed by atoms with van der Waals surface area (Å²) in [6.45, 7) is 10.3. The van der Waals surface area contributed by atoms with Crippen molar-refractivity contribution in [2.24, 2.45) is 0 Å². The molecule has 0 rings (SSSR count). The molecule has 4 heteroatoms. The molecule has 0 heterocycles. The predicted octanol–water partition coefficient (Wildman–Crippen LogP) is 8.06. The van der Waals surface area contributed by atoms with Crippen molar-refractivity contribution < 1.29 is 9.53 Å². The van der Waals surface area contributed by atoms with Gasteiger partial charge in [0.25, 0.3) is 0 Å². The molecule has 0 aliphatic carbocycles. The van der Waals surface area contributed by atoms with Gasteiger partial charge in [0.15, 0.2) is 0 Å². The molecule has 2 N–H and O–H groups in total. The van der Waals surface area contributed by atoms with E-state index < -0.39 is 0 Å². The van der Waals surface area contributed by atoms with Crippen molar-refractivity contribution in [1.82, 2.24) is 10.6 Å². The van der Waals surface area contributed by atoms with Gasteiger partial charge in [-0.05, 0) is 25.9 Å². The first-order valence-corrected chi connectivity index (χ1v) is 14.5. The average Bonchev–Trinajstić information content (AvgIpc) is 2.83. The van der Waals surface area contributed by atoms with Gasteiger partial charge in [0, 0.05) is 6.08 Å². The van der Waals surface area contributed by atoms with E-state index in [0.29, 0.717) is 6.61 Å². The van der Waals surface area contributed by atoms with E-state index in [4.69, 9.17) is 4.74 Å². The van der Waals surface area contributed by atoms with Gasteiger partial charge < -0.3 is 4.74 Å². The van der Waals surface area contributed by atoms with Crippen molar-refractivity contribution in [2.75, 3.05) is 19.7 Å². The predicted molar refractivity (Wildman–Crippen MR) is 145 cm³/mol. The smallest absolute Gasteiger partial charge is 0.330 e. The highest BCUT2D eigenvalue weighted by molar-refractivity contribution is 5.81. The number of unbranched alkanes of at least 4 members (excludes halogenated alkanes) is 18. The molecule has 0 aliphatic rings. The number of hydrogen-bond donors (Lipinski definition) is 2. The molecule has 0 aromatic rings. The van der Waals surface area contributed by atoms with Crippen LogP contribution in [0.1, 0.15) is 142 Å². The molecule has 0 saturated carbocycles. The topological polar surface area (TPSA) is 50.4 Å². The van der Waals surface area contributed by atoms with Crippen LogP contribution in [0.5, 0.6) is 0 Å². The molecule has 0 unspecified atom stereocenters. The maximum Gasteiger partial charge on any atom is 0.330 e. The number of carbonyl (C=O) groups excluding carboxylic acids is 1. The molecule has 0 bridgehead atoms. The number of ether oxygens (including phenoxy) is 1. The Labute approximate surface area is 207 Å². The van der Waals surface area contributed by atoms with E-state index >= 15 is 0 Å². The Morgan fingerprint density at radius 3 is 1.30 bits per heavy atom. The highest BCUT2D eigenvalue weighted by Crippen LogP contribution is 2.11. The summed E-state index contributed by atoms with van der Waals surface area (Å²) in [5.41, 5.74) is 0. The third-order valence-corrected chi connectivity index (χ3v) is 6.40. The second-order valence-corrected chi connectivity index (χ2v) is 9.66. The van der Waals surface area contributed by atoms with Gasteiger partial charge in [-0.3, -0.25) is 10.6 Å². The van der Waals surface area contributed by atoms with Crippen molar-refractivity contribution in [3.05, 3.63) is 12.7 Å². The number of nitrogens with one attached hydrogen (secondary N) is 2. The van der Waals surface area contributed by atoms with Crippen molar-refractivity contribution in [2.45, 2.75) is 148 Å². The highest BCUT2D eigenvalue weighted by atomic mass is 16.5. The standard InChI is InChI=1S/C29H58N2O2/c1-4-7-9-11-13-15-17-19-21-23-25-30-28(27-33-29(32)6-3)31-26-24-22-20-18-16-14-12-10-8-5-2/h6,28,30-31H,3-5,7-27H2,1-2H3. The zero-order valence-corrected chi connectivity index (χ0v) is 22.4. The van der Waals surface area contributed by atoms with Crippen LogP contribution in [-0.2, 0) is 9.53 Å². The maximum absolute atomic E-state index is 11.4. The quantitative estimate of drug-likeness (QED) is 0.0556. The first-order valence-electron chi connectivity index (χ1n) is 14.5. The van der Waals surface area contributed by atoms with E-state index in [1.807, 2.05) is 0 Å². The summed E-state index contributed by atoms with van der Waals surface area (Å²) in [4.78, 5) is 11.4. The first-order chi connectivity index (χ1) is 16.2. The van der Waals surface area contributed by atoms with Crippen LogP contribution >= 0.6 is 0 Å². The molecule has 0 amide bonds. The molecule has 0 radical (unpaired) electrons. The summed E-state index contributed by atoms with van der Waals surface area (Å²) >= 11 is 0.